The van der Waals surface area contributed by atoms with Crippen LogP contribution in [0.5, 0.6) is 0 Å². The predicted octanol–water partition coefficient (Wildman–Crippen LogP) is 2.45. The predicted molar refractivity (Wildman–Crippen MR) is 50.4 cm³/mol. The first kappa shape index (κ1) is 16.2. The Morgan fingerprint density at radius 3 is 1.50 bits per heavy atom. The van der Waals surface area contributed by atoms with Crippen molar-refractivity contribution in [3.05, 3.63) is 13.8 Å². The van der Waals surface area contributed by atoms with E-state index in [2.05, 4.69) is 6.42 Å². The molecule has 0 aliphatic heterocycles. The second-order valence-corrected chi connectivity index (χ2v) is 1.57. The summed E-state index contributed by atoms with van der Waals surface area (Å²) in [6.07, 6.45) is 8.00. The van der Waals surface area contributed by atoms with Crippen molar-refractivity contribution in [1.29, 1.82) is 0 Å². The van der Waals surface area contributed by atoms with Gasteiger partial charge in [0.1, 0.15) is 0 Å². The van der Waals surface area contributed by atoms with Crippen molar-refractivity contribution in [2.45, 2.75) is 25.7 Å². The van der Waals surface area contributed by atoms with Crippen LogP contribution in [0, 0.1) is 13.8 Å². The van der Waals surface area contributed by atoms with Gasteiger partial charge in [-0.3, -0.25) is 0 Å². The Morgan fingerprint density at radius 2 is 1.38 bits per heavy atom. The Kier molecular flexibility index (Phi) is 23.0. The standard InChI is InChI=1S/C5H9.CH3.HI.Mg/c1-2-4-5-3-1;;;/h1H,2-5H2;1H3;1H;/q2*-1;;+2. The Morgan fingerprint density at radius 1 is 1.00 bits per heavy atom. The molecule has 0 radical (unpaired) electrons. The summed E-state index contributed by atoms with van der Waals surface area (Å²) < 4.78 is 0. The van der Waals surface area contributed by atoms with Crippen molar-refractivity contribution in [3.63, 3.8) is 0 Å². The molecule has 0 saturated heterocycles. The van der Waals surface area contributed by atoms with Crippen LogP contribution in [0.4, 0.5) is 0 Å². The summed E-state index contributed by atoms with van der Waals surface area (Å²) >= 11 is 0. The normalized spacial score (nSPS) is 15.0. The number of hydrogen-bond acceptors (Lipinski definition) is 0. The van der Waals surface area contributed by atoms with Crippen molar-refractivity contribution in [1.82, 2.24) is 0 Å². The van der Waals surface area contributed by atoms with Crippen molar-refractivity contribution < 1.29 is 0 Å². The van der Waals surface area contributed by atoms with Crippen molar-refractivity contribution in [3.8, 4) is 0 Å². The number of rotatable bonds is 0. The molecular formula is C6H13IMg. The van der Waals surface area contributed by atoms with E-state index in [1.54, 1.807) is 0 Å². The van der Waals surface area contributed by atoms with Crippen LogP contribution >= 0.6 is 24.0 Å². The van der Waals surface area contributed by atoms with Crippen LogP contribution in [-0.4, -0.2) is 23.1 Å². The van der Waals surface area contributed by atoms with Gasteiger partial charge in [-0.2, -0.15) is 12.8 Å². The van der Waals surface area contributed by atoms with Crippen molar-refractivity contribution >= 4 is 47.0 Å². The molecule has 1 aliphatic carbocycles. The Balaban J connectivity index is -0.0000000833. The van der Waals surface area contributed by atoms with Gasteiger partial charge in [0, 0.05) is 0 Å². The Hall–Kier alpha value is 1.50. The smallest absolute Gasteiger partial charge is 0.358 e. The second kappa shape index (κ2) is 11.3. The van der Waals surface area contributed by atoms with Crippen LogP contribution in [0.25, 0.3) is 0 Å². The van der Waals surface area contributed by atoms with E-state index in [1.807, 2.05) is 0 Å². The molecule has 0 aromatic rings. The van der Waals surface area contributed by atoms with E-state index in [0.29, 0.717) is 0 Å². The minimum atomic E-state index is 0. The largest absolute Gasteiger partial charge is 2.00 e. The minimum absolute atomic E-state index is 0. The molecule has 0 bridgehead atoms. The molecule has 1 aliphatic rings. The second-order valence-electron chi connectivity index (χ2n) is 1.57. The fourth-order valence-electron chi connectivity index (χ4n) is 0.722. The van der Waals surface area contributed by atoms with Crippen LogP contribution in [0.3, 0.4) is 0 Å². The van der Waals surface area contributed by atoms with E-state index in [9.17, 15) is 0 Å². The summed E-state index contributed by atoms with van der Waals surface area (Å²) in [6, 6.07) is 0. The molecule has 0 N–H and O–H groups in total. The maximum Gasteiger partial charge on any atom is 2.00 e. The molecule has 0 amide bonds. The molecule has 0 unspecified atom stereocenters. The summed E-state index contributed by atoms with van der Waals surface area (Å²) in [4.78, 5) is 0. The van der Waals surface area contributed by atoms with Gasteiger partial charge in [0.2, 0.25) is 0 Å². The molecule has 0 heterocycles. The first-order valence-electron chi connectivity index (χ1n) is 2.32. The van der Waals surface area contributed by atoms with Gasteiger partial charge in [-0.1, -0.05) is 12.8 Å². The molecule has 2 heteroatoms. The first-order valence-corrected chi connectivity index (χ1v) is 2.32. The van der Waals surface area contributed by atoms with E-state index in [-0.39, 0.29) is 54.5 Å². The van der Waals surface area contributed by atoms with Gasteiger partial charge in [-0.05, 0) is 0 Å². The van der Waals surface area contributed by atoms with E-state index in [1.165, 1.54) is 25.7 Å². The van der Waals surface area contributed by atoms with Crippen LogP contribution in [0.2, 0.25) is 0 Å². The summed E-state index contributed by atoms with van der Waals surface area (Å²) in [5.41, 5.74) is 0. The SMILES string of the molecule is I.[CH-]1CCCC1.[CH3-].[Mg+2]. The molecule has 0 aromatic heterocycles. The molecular weight excluding hydrogens is 223 g/mol. The van der Waals surface area contributed by atoms with Gasteiger partial charge in [0.25, 0.3) is 0 Å². The zero-order chi connectivity index (χ0) is 3.54. The van der Waals surface area contributed by atoms with Gasteiger partial charge in [-0.25, -0.2) is 0 Å². The zero-order valence-corrected chi connectivity index (χ0v) is 9.27. The number of hydrogen-bond donors (Lipinski definition) is 0. The topological polar surface area (TPSA) is 0 Å². The quantitative estimate of drug-likeness (QED) is 0.344. The minimum Gasteiger partial charge on any atom is -0.358 e. The molecule has 46 valence electrons. The third-order valence-corrected chi connectivity index (χ3v) is 1.07. The monoisotopic (exact) mass is 236 g/mol. The first-order chi connectivity index (χ1) is 2.50. The van der Waals surface area contributed by atoms with E-state index >= 15 is 0 Å². The summed E-state index contributed by atoms with van der Waals surface area (Å²) in [7, 11) is 0. The van der Waals surface area contributed by atoms with Crippen LogP contribution in [0.1, 0.15) is 25.7 Å². The van der Waals surface area contributed by atoms with Gasteiger partial charge >= 0.3 is 23.1 Å². The third-order valence-electron chi connectivity index (χ3n) is 1.07. The van der Waals surface area contributed by atoms with E-state index in [4.69, 9.17) is 0 Å². The maximum atomic E-state index is 2.36. The van der Waals surface area contributed by atoms with Gasteiger partial charge in [0.05, 0.1) is 0 Å². The van der Waals surface area contributed by atoms with Crippen molar-refractivity contribution in [2.24, 2.45) is 0 Å². The number of halogens is 1. The van der Waals surface area contributed by atoms with E-state index < -0.39 is 0 Å². The van der Waals surface area contributed by atoms with Gasteiger partial charge in [0.15, 0.2) is 0 Å². The molecule has 1 saturated carbocycles. The van der Waals surface area contributed by atoms with Crippen LogP contribution in [0.15, 0.2) is 0 Å². The average Bonchev–Trinajstić information content (AvgIpc) is 1.76. The van der Waals surface area contributed by atoms with Gasteiger partial charge < -0.3 is 13.8 Å². The molecule has 0 spiro atoms. The fraction of sp³-hybridized carbons (Fsp3) is 0.667. The molecule has 8 heavy (non-hydrogen) atoms. The summed E-state index contributed by atoms with van der Waals surface area (Å²) in [5.74, 6) is 0. The van der Waals surface area contributed by atoms with Crippen LogP contribution < -0.4 is 0 Å². The maximum absolute atomic E-state index is 2.36. The molecule has 1 fully saturated rings. The summed E-state index contributed by atoms with van der Waals surface area (Å²) in [5, 5.41) is 0. The molecule has 1 rings (SSSR count). The van der Waals surface area contributed by atoms with E-state index in [0.717, 1.165) is 0 Å². The Bertz CT molecular complexity index is 20.1. The third kappa shape index (κ3) is 7.50. The van der Waals surface area contributed by atoms with Crippen molar-refractivity contribution in [2.75, 3.05) is 0 Å². The fourth-order valence-corrected chi connectivity index (χ4v) is 0.722. The molecule has 0 nitrogen and oxygen atoms in total. The molecule has 0 aromatic carbocycles. The Labute approximate surface area is 86.0 Å². The van der Waals surface area contributed by atoms with Gasteiger partial charge in [-0.15, -0.1) is 24.0 Å². The zero-order valence-electron chi connectivity index (χ0n) is 5.52. The molecule has 0 atom stereocenters. The average molecular weight is 236 g/mol. The van der Waals surface area contributed by atoms with Crippen LogP contribution in [-0.2, 0) is 0 Å². The summed E-state index contributed by atoms with van der Waals surface area (Å²) in [6.45, 7) is 0.